The third-order valence-electron chi connectivity index (χ3n) is 4.39. The number of carbonyl (C=O) groups excluding carboxylic acids is 1. The molecule has 2 aliphatic rings. The van der Waals surface area contributed by atoms with Gasteiger partial charge in [-0.1, -0.05) is 18.2 Å². The molecular formula is C16H23N3O2. The Balaban J connectivity index is 1.59. The van der Waals surface area contributed by atoms with E-state index >= 15 is 0 Å². The topological polar surface area (TPSA) is 55.8 Å². The molecule has 1 aromatic rings. The molecule has 0 saturated carbocycles. The first kappa shape index (κ1) is 14.4. The van der Waals surface area contributed by atoms with Crippen LogP contribution in [0.3, 0.4) is 0 Å². The number of nitrogens with zero attached hydrogens (tertiary/aromatic N) is 2. The molecule has 0 radical (unpaired) electrons. The van der Waals surface area contributed by atoms with E-state index in [0.717, 1.165) is 44.7 Å². The van der Waals surface area contributed by atoms with Crippen molar-refractivity contribution in [3.8, 4) is 0 Å². The van der Waals surface area contributed by atoms with E-state index in [1.807, 2.05) is 23.1 Å². The van der Waals surface area contributed by atoms with Gasteiger partial charge in [-0.05, 0) is 24.6 Å². The Bertz CT molecular complexity index is 481. The average molecular weight is 289 g/mol. The Hall–Kier alpha value is -1.59. The Morgan fingerprint density at radius 1 is 1.24 bits per heavy atom. The van der Waals surface area contributed by atoms with Crippen LogP contribution in [0.5, 0.6) is 0 Å². The van der Waals surface area contributed by atoms with E-state index in [2.05, 4.69) is 16.3 Å². The number of aliphatic hydroxyl groups is 1. The maximum atomic E-state index is 12.7. The highest BCUT2D eigenvalue weighted by Crippen LogP contribution is 2.26. The summed E-state index contributed by atoms with van der Waals surface area (Å²) in [5, 5.41) is 12.4. The molecule has 21 heavy (non-hydrogen) atoms. The van der Waals surface area contributed by atoms with Crippen LogP contribution in [0, 0.1) is 0 Å². The number of aliphatic hydroxyl groups excluding tert-OH is 1. The van der Waals surface area contributed by atoms with Crippen LogP contribution < -0.4 is 5.32 Å². The lowest BCUT2D eigenvalue weighted by Crippen LogP contribution is -2.44. The van der Waals surface area contributed by atoms with E-state index in [1.54, 1.807) is 0 Å². The molecular weight excluding hydrogens is 266 g/mol. The number of fused-ring (bicyclic) bond motifs is 1. The lowest BCUT2D eigenvalue weighted by atomic mass is 10.1. The molecule has 114 valence electrons. The second kappa shape index (κ2) is 6.45. The van der Waals surface area contributed by atoms with Crippen molar-refractivity contribution in [1.29, 1.82) is 0 Å². The maximum absolute atomic E-state index is 12.7. The van der Waals surface area contributed by atoms with E-state index in [1.165, 1.54) is 5.56 Å². The van der Waals surface area contributed by atoms with Crippen molar-refractivity contribution in [3.63, 3.8) is 0 Å². The van der Waals surface area contributed by atoms with Crippen LogP contribution in [0.1, 0.15) is 12.0 Å². The minimum Gasteiger partial charge on any atom is -0.395 e. The van der Waals surface area contributed by atoms with Gasteiger partial charge in [-0.15, -0.1) is 0 Å². The molecule has 1 aromatic carbocycles. The van der Waals surface area contributed by atoms with Crippen LogP contribution >= 0.6 is 0 Å². The molecule has 1 atom stereocenters. The second-order valence-corrected chi connectivity index (χ2v) is 5.80. The minimum absolute atomic E-state index is 0.119. The van der Waals surface area contributed by atoms with Crippen molar-refractivity contribution < 1.29 is 9.90 Å². The highest BCUT2D eigenvalue weighted by Gasteiger charge is 2.30. The molecule has 5 heteroatoms. The van der Waals surface area contributed by atoms with Crippen molar-refractivity contribution in [1.82, 2.24) is 9.80 Å². The third kappa shape index (κ3) is 3.19. The van der Waals surface area contributed by atoms with Gasteiger partial charge in [0.15, 0.2) is 0 Å². The molecule has 1 fully saturated rings. The second-order valence-electron chi connectivity index (χ2n) is 5.80. The molecule has 2 heterocycles. The number of hydrogen-bond donors (Lipinski definition) is 2. The lowest BCUT2D eigenvalue weighted by molar-refractivity contribution is -0.131. The standard InChI is InChI=1S/C16H23N3O2/c20-11-10-18-6-3-7-19(9-8-18)16(21)15-12-13-4-1-2-5-14(13)17-15/h1-2,4-5,15,17,20H,3,6-12H2. The van der Waals surface area contributed by atoms with Gasteiger partial charge in [-0.25, -0.2) is 0 Å². The first-order chi connectivity index (χ1) is 10.3. The van der Waals surface area contributed by atoms with Crippen LogP contribution in [-0.4, -0.2) is 66.2 Å². The molecule has 2 N–H and O–H groups in total. The van der Waals surface area contributed by atoms with Gasteiger partial charge in [-0.3, -0.25) is 9.69 Å². The Morgan fingerprint density at radius 2 is 2.10 bits per heavy atom. The number of anilines is 1. The highest BCUT2D eigenvalue weighted by molar-refractivity contribution is 5.87. The smallest absolute Gasteiger partial charge is 0.245 e. The Kier molecular flexibility index (Phi) is 4.41. The van der Waals surface area contributed by atoms with Gasteiger partial charge in [0.2, 0.25) is 5.91 Å². The number of β-amino-alcohol motifs (C(OH)–C–C–N with tert-alkyl or cyclic N) is 1. The first-order valence-electron chi connectivity index (χ1n) is 7.74. The molecule has 0 aliphatic carbocycles. The van der Waals surface area contributed by atoms with Gasteiger partial charge in [0.25, 0.3) is 0 Å². The predicted molar refractivity (Wildman–Crippen MR) is 82.3 cm³/mol. The first-order valence-corrected chi connectivity index (χ1v) is 7.74. The number of hydrogen-bond acceptors (Lipinski definition) is 4. The fraction of sp³-hybridized carbons (Fsp3) is 0.562. The normalized spacial score (nSPS) is 22.5. The quantitative estimate of drug-likeness (QED) is 0.853. The van der Waals surface area contributed by atoms with Crippen LogP contribution in [0.2, 0.25) is 0 Å². The van der Waals surface area contributed by atoms with Crippen molar-refractivity contribution >= 4 is 11.6 Å². The third-order valence-corrected chi connectivity index (χ3v) is 4.39. The Morgan fingerprint density at radius 3 is 2.90 bits per heavy atom. The molecule has 1 saturated heterocycles. The molecule has 0 aromatic heterocycles. The fourth-order valence-electron chi connectivity index (χ4n) is 3.22. The molecule has 2 aliphatic heterocycles. The number of carbonyl (C=O) groups is 1. The number of nitrogens with one attached hydrogen (secondary N) is 1. The van der Waals surface area contributed by atoms with Gasteiger partial charge in [0, 0.05) is 38.3 Å². The zero-order valence-electron chi connectivity index (χ0n) is 12.3. The lowest BCUT2D eigenvalue weighted by Gasteiger charge is -2.24. The van der Waals surface area contributed by atoms with E-state index in [-0.39, 0.29) is 18.6 Å². The van der Waals surface area contributed by atoms with Crippen LogP contribution in [0.4, 0.5) is 5.69 Å². The summed E-state index contributed by atoms with van der Waals surface area (Å²) in [7, 11) is 0. The molecule has 1 unspecified atom stereocenters. The van der Waals surface area contributed by atoms with Crippen LogP contribution in [0.15, 0.2) is 24.3 Å². The molecule has 0 bridgehead atoms. The van der Waals surface area contributed by atoms with E-state index in [4.69, 9.17) is 5.11 Å². The fourth-order valence-corrected chi connectivity index (χ4v) is 3.22. The Labute approximate surface area is 125 Å². The van der Waals surface area contributed by atoms with E-state index in [0.29, 0.717) is 6.54 Å². The zero-order valence-corrected chi connectivity index (χ0v) is 12.3. The number of benzene rings is 1. The van der Waals surface area contributed by atoms with E-state index in [9.17, 15) is 4.79 Å². The van der Waals surface area contributed by atoms with Gasteiger partial charge in [0.05, 0.1) is 6.61 Å². The molecule has 3 rings (SSSR count). The van der Waals surface area contributed by atoms with Gasteiger partial charge < -0.3 is 15.3 Å². The van der Waals surface area contributed by atoms with Crippen molar-refractivity contribution in [2.24, 2.45) is 0 Å². The molecule has 5 nitrogen and oxygen atoms in total. The summed E-state index contributed by atoms with van der Waals surface area (Å²) in [6.07, 6.45) is 1.76. The van der Waals surface area contributed by atoms with Gasteiger partial charge in [0.1, 0.15) is 6.04 Å². The summed E-state index contributed by atoms with van der Waals surface area (Å²) in [5.41, 5.74) is 2.32. The maximum Gasteiger partial charge on any atom is 0.245 e. The van der Waals surface area contributed by atoms with Gasteiger partial charge in [-0.2, -0.15) is 0 Å². The number of amides is 1. The number of para-hydroxylation sites is 1. The summed E-state index contributed by atoms with van der Waals surface area (Å²) in [5.74, 6) is 0.206. The highest BCUT2D eigenvalue weighted by atomic mass is 16.3. The monoisotopic (exact) mass is 289 g/mol. The van der Waals surface area contributed by atoms with Gasteiger partial charge >= 0.3 is 0 Å². The SMILES string of the molecule is O=C(C1Cc2ccccc2N1)N1CCCN(CCO)CC1. The van der Waals surface area contributed by atoms with Crippen LogP contribution in [-0.2, 0) is 11.2 Å². The number of rotatable bonds is 3. The minimum atomic E-state index is -0.119. The largest absolute Gasteiger partial charge is 0.395 e. The van der Waals surface area contributed by atoms with Crippen molar-refractivity contribution in [2.45, 2.75) is 18.9 Å². The van der Waals surface area contributed by atoms with E-state index < -0.39 is 0 Å². The summed E-state index contributed by atoms with van der Waals surface area (Å²) < 4.78 is 0. The summed E-state index contributed by atoms with van der Waals surface area (Å²) in [6.45, 7) is 4.28. The zero-order chi connectivity index (χ0) is 14.7. The molecule has 1 amide bonds. The van der Waals surface area contributed by atoms with Crippen molar-refractivity contribution in [2.75, 3.05) is 44.6 Å². The molecule has 0 spiro atoms. The summed E-state index contributed by atoms with van der Waals surface area (Å²) >= 11 is 0. The van der Waals surface area contributed by atoms with Crippen molar-refractivity contribution in [3.05, 3.63) is 29.8 Å². The predicted octanol–water partition coefficient (Wildman–Crippen LogP) is 0.550. The summed E-state index contributed by atoms with van der Waals surface area (Å²) in [4.78, 5) is 16.9. The summed E-state index contributed by atoms with van der Waals surface area (Å²) in [6, 6.07) is 8.02. The average Bonchev–Trinajstić information content (AvgIpc) is 2.80. The van der Waals surface area contributed by atoms with Crippen LogP contribution in [0.25, 0.3) is 0 Å².